The number of fused-ring (bicyclic) bond motifs is 1. The Labute approximate surface area is 184 Å². The molecule has 2 heterocycles. The molecule has 0 amide bonds. The normalized spacial score (nSPS) is 14.6. The Morgan fingerprint density at radius 1 is 1.06 bits per heavy atom. The molecular formula is C24H21NO7. The van der Waals surface area contributed by atoms with Crippen LogP contribution in [0.25, 0.3) is 5.76 Å². The maximum Gasteiger partial charge on any atom is 0.162 e. The molecule has 1 aromatic heterocycles. The van der Waals surface area contributed by atoms with Crippen molar-refractivity contribution in [3.8, 4) is 34.5 Å². The number of methoxy groups -OCH3 is 2. The Hall–Kier alpha value is -4.20. The van der Waals surface area contributed by atoms with Gasteiger partial charge in [-0.2, -0.15) is 0 Å². The van der Waals surface area contributed by atoms with Gasteiger partial charge in [-0.3, -0.25) is 4.98 Å². The lowest BCUT2D eigenvalue weighted by atomic mass is 9.94. The number of rotatable bonds is 7. The molecule has 4 rings (SSSR count). The third kappa shape index (κ3) is 4.15. The zero-order valence-corrected chi connectivity index (χ0v) is 17.4. The second kappa shape index (κ2) is 8.89. The van der Waals surface area contributed by atoms with Crippen LogP contribution in [-0.2, 0) is 11.4 Å². The number of ether oxygens (including phenoxy) is 4. The predicted molar refractivity (Wildman–Crippen MR) is 115 cm³/mol. The SMILES string of the molecule is COc1ccc(COc2cc(C3=CC(C=O)c4c(O)cc(O)cc4O3)ccc2OC)nc1. The maximum atomic E-state index is 11.7. The number of pyridine rings is 1. The number of nitrogens with zero attached hydrogens (tertiary/aromatic N) is 1. The van der Waals surface area contributed by atoms with E-state index in [1.165, 1.54) is 19.2 Å². The Morgan fingerprint density at radius 2 is 1.91 bits per heavy atom. The largest absolute Gasteiger partial charge is 0.508 e. The molecular weight excluding hydrogens is 414 g/mol. The van der Waals surface area contributed by atoms with E-state index in [4.69, 9.17) is 18.9 Å². The molecule has 1 atom stereocenters. The van der Waals surface area contributed by atoms with Gasteiger partial charge in [-0.25, -0.2) is 0 Å². The van der Waals surface area contributed by atoms with Crippen LogP contribution in [0.3, 0.4) is 0 Å². The van der Waals surface area contributed by atoms with Crippen molar-refractivity contribution in [1.82, 2.24) is 4.98 Å². The summed E-state index contributed by atoms with van der Waals surface area (Å²) in [5, 5.41) is 20.0. The van der Waals surface area contributed by atoms with Gasteiger partial charge < -0.3 is 34.0 Å². The van der Waals surface area contributed by atoms with E-state index >= 15 is 0 Å². The molecule has 0 radical (unpaired) electrons. The van der Waals surface area contributed by atoms with Crippen LogP contribution in [-0.4, -0.2) is 35.7 Å². The summed E-state index contributed by atoms with van der Waals surface area (Å²) >= 11 is 0. The molecule has 32 heavy (non-hydrogen) atoms. The summed E-state index contributed by atoms with van der Waals surface area (Å²) in [5.74, 6) is 1.10. The molecule has 8 heteroatoms. The molecule has 0 aliphatic carbocycles. The van der Waals surface area contributed by atoms with Gasteiger partial charge in [0.15, 0.2) is 11.5 Å². The number of hydrogen-bond acceptors (Lipinski definition) is 8. The van der Waals surface area contributed by atoms with E-state index in [1.54, 1.807) is 49.7 Å². The monoisotopic (exact) mass is 435 g/mol. The highest BCUT2D eigenvalue weighted by Gasteiger charge is 2.27. The molecule has 1 aliphatic heterocycles. The number of carbonyl (C=O) groups excluding carboxylic acids is 1. The highest BCUT2D eigenvalue weighted by molar-refractivity contribution is 5.79. The minimum atomic E-state index is -0.732. The van der Waals surface area contributed by atoms with E-state index in [-0.39, 0.29) is 23.9 Å². The summed E-state index contributed by atoms with van der Waals surface area (Å²) in [7, 11) is 3.11. The van der Waals surface area contributed by atoms with E-state index in [0.717, 1.165) is 0 Å². The first-order valence-corrected chi connectivity index (χ1v) is 9.73. The summed E-state index contributed by atoms with van der Waals surface area (Å²) in [6.07, 6.45) is 3.91. The fourth-order valence-corrected chi connectivity index (χ4v) is 3.39. The van der Waals surface area contributed by atoms with E-state index in [1.807, 2.05) is 0 Å². The van der Waals surface area contributed by atoms with Gasteiger partial charge in [0.25, 0.3) is 0 Å². The Bertz CT molecular complexity index is 1170. The Morgan fingerprint density at radius 3 is 2.59 bits per heavy atom. The van der Waals surface area contributed by atoms with Crippen molar-refractivity contribution in [2.24, 2.45) is 0 Å². The van der Waals surface area contributed by atoms with Crippen LogP contribution in [0.2, 0.25) is 0 Å². The lowest BCUT2D eigenvalue weighted by Gasteiger charge is -2.23. The van der Waals surface area contributed by atoms with Crippen molar-refractivity contribution in [1.29, 1.82) is 0 Å². The Balaban J connectivity index is 1.62. The zero-order valence-electron chi connectivity index (χ0n) is 17.4. The molecule has 8 nitrogen and oxygen atoms in total. The average Bonchev–Trinajstić information content (AvgIpc) is 2.81. The molecule has 2 N–H and O–H groups in total. The van der Waals surface area contributed by atoms with Crippen molar-refractivity contribution in [2.75, 3.05) is 14.2 Å². The third-order valence-corrected chi connectivity index (χ3v) is 4.99. The summed E-state index contributed by atoms with van der Waals surface area (Å²) in [6, 6.07) is 11.3. The zero-order chi connectivity index (χ0) is 22.7. The summed E-state index contributed by atoms with van der Waals surface area (Å²) in [5.41, 5.74) is 1.63. The number of carbonyl (C=O) groups is 1. The number of aromatic nitrogens is 1. The molecule has 0 saturated heterocycles. The van der Waals surface area contributed by atoms with Gasteiger partial charge in [-0.1, -0.05) is 0 Å². The van der Waals surface area contributed by atoms with Crippen LogP contribution in [0.5, 0.6) is 34.5 Å². The molecule has 2 aromatic carbocycles. The lowest BCUT2D eigenvalue weighted by Crippen LogP contribution is -2.10. The number of phenols is 2. The van der Waals surface area contributed by atoms with E-state index in [0.29, 0.717) is 46.1 Å². The highest BCUT2D eigenvalue weighted by Crippen LogP contribution is 2.44. The summed E-state index contributed by atoms with van der Waals surface area (Å²) < 4.78 is 22.3. The standard InChI is InChI=1S/C24H21NO7/c1-29-18-5-4-16(25-11-18)13-31-22-7-14(3-6-20(22)30-2)21-8-15(12-26)24-19(28)9-17(27)10-23(24)32-21/h3-12,15,27-28H,13H2,1-2H3. The number of phenolic OH excluding ortho intramolecular Hbond substituents is 2. The van der Waals surface area contributed by atoms with Gasteiger partial charge in [0.2, 0.25) is 0 Å². The number of benzene rings is 2. The molecule has 0 fully saturated rings. The number of hydrogen-bond donors (Lipinski definition) is 2. The van der Waals surface area contributed by atoms with Gasteiger partial charge in [0, 0.05) is 17.7 Å². The number of allylic oxidation sites excluding steroid dienone is 1. The molecule has 0 bridgehead atoms. The quantitative estimate of drug-likeness (QED) is 0.540. The van der Waals surface area contributed by atoms with Gasteiger partial charge in [-0.15, -0.1) is 0 Å². The van der Waals surface area contributed by atoms with E-state index in [9.17, 15) is 15.0 Å². The molecule has 3 aromatic rings. The van der Waals surface area contributed by atoms with Crippen molar-refractivity contribution < 1.29 is 34.0 Å². The highest BCUT2D eigenvalue weighted by atomic mass is 16.5. The van der Waals surface area contributed by atoms with Crippen molar-refractivity contribution in [3.63, 3.8) is 0 Å². The van der Waals surface area contributed by atoms with Crippen LogP contribution in [0.4, 0.5) is 0 Å². The average molecular weight is 435 g/mol. The predicted octanol–water partition coefficient (Wildman–Crippen LogP) is 3.81. The molecule has 164 valence electrons. The number of aromatic hydroxyl groups is 2. The van der Waals surface area contributed by atoms with Crippen LogP contribution in [0.1, 0.15) is 22.7 Å². The van der Waals surface area contributed by atoms with E-state index < -0.39 is 5.92 Å². The van der Waals surface area contributed by atoms with Gasteiger partial charge in [0.1, 0.15) is 41.7 Å². The summed E-state index contributed by atoms with van der Waals surface area (Å²) in [4.78, 5) is 16.0. The summed E-state index contributed by atoms with van der Waals surface area (Å²) in [6.45, 7) is 0.200. The molecule has 1 aliphatic rings. The minimum Gasteiger partial charge on any atom is -0.508 e. The first kappa shape index (κ1) is 21.0. The van der Waals surface area contributed by atoms with Crippen molar-refractivity contribution in [2.45, 2.75) is 12.5 Å². The first-order chi connectivity index (χ1) is 15.5. The fraction of sp³-hybridized carbons (Fsp3) is 0.167. The topological polar surface area (TPSA) is 107 Å². The first-order valence-electron chi connectivity index (χ1n) is 9.73. The second-order valence-corrected chi connectivity index (χ2v) is 7.02. The van der Waals surface area contributed by atoms with Gasteiger partial charge in [0.05, 0.1) is 37.6 Å². The van der Waals surface area contributed by atoms with Crippen LogP contribution in [0, 0.1) is 0 Å². The molecule has 0 saturated carbocycles. The smallest absolute Gasteiger partial charge is 0.162 e. The Kier molecular flexibility index (Phi) is 5.85. The maximum absolute atomic E-state index is 11.7. The second-order valence-electron chi connectivity index (χ2n) is 7.02. The third-order valence-electron chi connectivity index (χ3n) is 4.99. The van der Waals surface area contributed by atoms with Crippen molar-refractivity contribution >= 4 is 12.0 Å². The molecule has 1 unspecified atom stereocenters. The van der Waals surface area contributed by atoms with Gasteiger partial charge >= 0.3 is 0 Å². The fourth-order valence-electron chi connectivity index (χ4n) is 3.39. The minimum absolute atomic E-state index is 0.169. The number of aldehydes is 1. The van der Waals surface area contributed by atoms with Crippen LogP contribution < -0.4 is 18.9 Å². The van der Waals surface area contributed by atoms with Crippen LogP contribution >= 0.6 is 0 Å². The van der Waals surface area contributed by atoms with Gasteiger partial charge in [-0.05, 0) is 36.4 Å². The molecule has 0 spiro atoms. The lowest BCUT2D eigenvalue weighted by molar-refractivity contribution is -0.108. The van der Waals surface area contributed by atoms with Crippen LogP contribution in [0.15, 0.2) is 54.7 Å². The van der Waals surface area contributed by atoms with E-state index in [2.05, 4.69) is 4.98 Å². The van der Waals surface area contributed by atoms with Crippen molar-refractivity contribution in [3.05, 3.63) is 71.6 Å².